The highest BCUT2D eigenvalue weighted by molar-refractivity contribution is 6.25. The molecule has 2 saturated heterocycles. The van der Waals surface area contributed by atoms with Gasteiger partial charge in [-0.15, -0.1) is 0 Å². The van der Waals surface area contributed by atoms with Crippen LogP contribution in [0.5, 0.6) is 0 Å². The number of anilines is 4. The summed E-state index contributed by atoms with van der Waals surface area (Å²) in [7, 11) is 3.54. The van der Waals surface area contributed by atoms with Crippen molar-refractivity contribution in [3.63, 3.8) is 0 Å². The van der Waals surface area contributed by atoms with Crippen LogP contribution < -0.4 is 26.2 Å². The molecule has 21 heteroatoms. The molecule has 1 atom stereocenters. The number of piperidine rings is 1. The minimum Gasteiger partial charge on any atom is -0.378 e. The number of carbonyl (C=O) groups excluding carboxylic acids is 6. The largest absolute Gasteiger partial charge is 0.378 e. The van der Waals surface area contributed by atoms with Crippen LogP contribution in [-0.4, -0.2) is 175 Å². The number of nitrogens with zero attached hydrogens (tertiary/aromatic N) is 8. The Morgan fingerprint density at radius 1 is 0.851 bits per heavy atom. The maximum atomic E-state index is 13.2. The Kier molecular flexibility index (Phi) is 15.3. The number of benzene rings is 1. The molecule has 1 unspecified atom stereocenters. The highest BCUT2D eigenvalue weighted by Gasteiger charge is 2.45. The molecule has 3 fully saturated rings. The summed E-state index contributed by atoms with van der Waals surface area (Å²) in [5.74, 6) is -1.69. The summed E-state index contributed by atoms with van der Waals surface area (Å²) in [4.78, 5) is 97.0. The fraction of sp³-hybridized carbons (Fsp3) is 0.500. The fourth-order valence-corrected chi connectivity index (χ4v) is 8.88. The monoisotopic (exact) mass is 922 g/mol. The molecule has 3 aromatic heterocycles. The second kappa shape index (κ2) is 21.8. The van der Waals surface area contributed by atoms with Crippen LogP contribution in [0.15, 0.2) is 48.8 Å². The number of aromatic nitrogens is 4. The van der Waals surface area contributed by atoms with E-state index in [1.807, 2.05) is 18.3 Å². The maximum Gasteiger partial charge on any atom is 0.270 e. The SMILES string of the molecule is CN(C)C(=O)c1cc2cnc(Nc3ccc(N4CCN(CCOCCOCCOCCNC(=O)CNc5cccc6c5C(=O)N(C5CCC(=O)NC5=O)C6=O)CC4)cn3)nc2n1C1CCCC1. The molecule has 0 bridgehead atoms. The van der Waals surface area contributed by atoms with Crippen molar-refractivity contribution in [1.82, 2.24) is 44.9 Å². The number of pyridine rings is 1. The van der Waals surface area contributed by atoms with Gasteiger partial charge in [-0.25, -0.2) is 9.97 Å². The summed E-state index contributed by atoms with van der Waals surface area (Å²) in [5.41, 5.74) is 2.97. The second-order valence-corrected chi connectivity index (χ2v) is 17.1. The number of ether oxygens (including phenoxy) is 3. The molecular formula is C46H58N12O9. The van der Waals surface area contributed by atoms with Gasteiger partial charge in [-0.05, 0) is 49.6 Å². The van der Waals surface area contributed by atoms with Crippen molar-refractivity contribution < 1.29 is 43.0 Å². The van der Waals surface area contributed by atoms with E-state index in [2.05, 4.69) is 51.7 Å². The number of carbonyl (C=O) groups is 6. The predicted molar refractivity (Wildman–Crippen MR) is 246 cm³/mol. The number of piperazine rings is 1. The summed E-state index contributed by atoms with van der Waals surface area (Å²) < 4.78 is 19.1. The van der Waals surface area contributed by atoms with Crippen LogP contribution in [0.4, 0.5) is 23.1 Å². The fourth-order valence-electron chi connectivity index (χ4n) is 8.88. The lowest BCUT2D eigenvalue weighted by atomic mass is 10.0. The van der Waals surface area contributed by atoms with Crippen molar-refractivity contribution in [2.45, 2.75) is 50.6 Å². The molecule has 356 valence electrons. The Morgan fingerprint density at radius 3 is 2.31 bits per heavy atom. The number of hydrogen-bond donors (Lipinski definition) is 4. The van der Waals surface area contributed by atoms with E-state index in [1.165, 1.54) is 6.07 Å². The van der Waals surface area contributed by atoms with E-state index in [-0.39, 0.29) is 61.5 Å². The number of nitrogens with one attached hydrogen (secondary N) is 4. The summed E-state index contributed by atoms with van der Waals surface area (Å²) >= 11 is 0. The van der Waals surface area contributed by atoms with Gasteiger partial charge in [0.1, 0.15) is 23.2 Å². The van der Waals surface area contributed by atoms with Gasteiger partial charge in [0, 0.05) is 83.1 Å². The second-order valence-electron chi connectivity index (χ2n) is 17.1. The van der Waals surface area contributed by atoms with Gasteiger partial charge < -0.3 is 44.5 Å². The smallest absolute Gasteiger partial charge is 0.270 e. The van der Waals surface area contributed by atoms with Gasteiger partial charge >= 0.3 is 0 Å². The molecule has 4 aromatic rings. The maximum absolute atomic E-state index is 13.2. The van der Waals surface area contributed by atoms with Gasteiger partial charge in [0.05, 0.1) is 69.2 Å². The molecule has 1 saturated carbocycles. The van der Waals surface area contributed by atoms with Crippen LogP contribution in [0.1, 0.15) is 75.8 Å². The molecule has 4 aliphatic rings. The molecule has 1 aromatic carbocycles. The van der Waals surface area contributed by atoms with E-state index in [0.29, 0.717) is 56.2 Å². The molecule has 0 radical (unpaired) electrons. The highest BCUT2D eigenvalue weighted by Crippen LogP contribution is 2.35. The number of fused-ring (bicyclic) bond motifs is 2. The van der Waals surface area contributed by atoms with E-state index in [0.717, 1.165) is 80.0 Å². The zero-order valence-electron chi connectivity index (χ0n) is 38.0. The number of imide groups is 2. The Labute approximate surface area is 387 Å². The van der Waals surface area contributed by atoms with Crippen molar-refractivity contribution in [3.8, 4) is 0 Å². The summed E-state index contributed by atoms with van der Waals surface area (Å²) in [6.07, 6.45) is 8.06. The third-order valence-corrected chi connectivity index (χ3v) is 12.4. The molecule has 8 rings (SSSR count). The molecule has 0 spiro atoms. The molecular weight excluding hydrogens is 865 g/mol. The standard InChI is InChI=1S/C46H58N12O9/c1-54(2)44(63)36-26-30-27-50-46(53-41(30)57(36)31-6-3-4-7-31)51-37-12-10-32(28-49-37)56-17-15-55(16-18-56)19-21-66-23-25-67-24-22-65-20-14-47-39(60)29-48-34-9-5-8-33-40(34)45(64)58(43(33)62)35-11-13-38(59)52-42(35)61/h5,8-10,12,26-28,31,35,48H,3-4,6-7,11,13-25,29H2,1-2H3,(H,47,60)(H,52,59,61)(H,49,50,51,53). The van der Waals surface area contributed by atoms with Crippen molar-refractivity contribution in [1.29, 1.82) is 0 Å². The normalized spacial score (nSPS) is 17.9. The average molecular weight is 923 g/mol. The molecule has 1 aliphatic carbocycles. The molecule has 67 heavy (non-hydrogen) atoms. The van der Waals surface area contributed by atoms with Gasteiger partial charge in [0.2, 0.25) is 23.7 Å². The van der Waals surface area contributed by atoms with Gasteiger partial charge in [-0.3, -0.25) is 43.9 Å². The van der Waals surface area contributed by atoms with Gasteiger partial charge in [0.15, 0.2) is 0 Å². The van der Waals surface area contributed by atoms with Crippen LogP contribution in [-0.2, 0) is 28.6 Å². The predicted octanol–water partition coefficient (Wildman–Crippen LogP) is 2.19. The van der Waals surface area contributed by atoms with E-state index in [9.17, 15) is 28.8 Å². The molecule has 4 N–H and O–H groups in total. The first kappa shape index (κ1) is 47.0. The van der Waals surface area contributed by atoms with E-state index in [4.69, 9.17) is 19.2 Å². The Balaban J connectivity index is 0.655. The van der Waals surface area contributed by atoms with Crippen LogP contribution >= 0.6 is 0 Å². The third-order valence-electron chi connectivity index (χ3n) is 12.4. The lowest BCUT2D eigenvalue weighted by Gasteiger charge is -2.35. The number of rotatable bonds is 21. The Bertz CT molecular complexity index is 2450. The minimum absolute atomic E-state index is 0.0263. The molecule has 3 aliphatic heterocycles. The highest BCUT2D eigenvalue weighted by atomic mass is 16.5. The van der Waals surface area contributed by atoms with Crippen LogP contribution in [0.2, 0.25) is 0 Å². The van der Waals surface area contributed by atoms with Crippen LogP contribution in [0, 0.1) is 0 Å². The van der Waals surface area contributed by atoms with Crippen molar-refractivity contribution in [2.75, 3.05) is 115 Å². The number of amides is 6. The van der Waals surface area contributed by atoms with Crippen molar-refractivity contribution >= 4 is 69.6 Å². The topological polar surface area (TPSA) is 235 Å². The van der Waals surface area contributed by atoms with Gasteiger partial charge in [-0.1, -0.05) is 18.9 Å². The minimum atomic E-state index is -1.07. The third kappa shape index (κ3) is 11.2. The van der Waals surface area contributed by atoms with Crippen LogP contribution in [0.3, 0.4) is 0 Å². The first-order valence-corrected chi connectivity index (χ1v) is 22.9. The van der Waals surface area contributed by atoms with Gasteiger partial charge in [-0.2, -0.15) is 4.98 Å². The summed E-state index contributed by atoms with van der Waals surface area (Å²) in [6, 6.07) is 9.73. The zero-order chi connectivity index (χ0) is 46.9. The lowest BCUT2D eigenvalue weighted by Crippen LogP contribution is -2.54. The Morgan fingerprint density at radius 2 is 1.60 bits per heavy atom. The lowest BCUT2D eigenvalue weighted by molar-refractivity contribution is -0.136. The van der Waals surface area contributed by atoms with Crippen molar-refractivity contribution in [2.24, 2.45) is 0 Å². The summed E-state index contributed by atoms with van der Waals surface area (Å²) in [5, 5.41) is 11.9. The van der Waals surface area contributed by atoms with E-state index < -0.39 is 29.7 Å². The molecule has 6 amide bonds. The number of hydrogen-bond acceptors (Lipinski definition) is 16. The van der Waals surface area contributed by atoms with Crippen molar-refractivity contribution in [3.05, 3.63) is 65.6 Å². The summed E-state index contributed by atoms with van der Waals surface area (Å²) in [6.45, 7) is 7.03. The van der Waals surface area contributed by atoms with Gasteiger partial charge in [0.25, 0.3) is 17.7 Å². The molecule has 21 nitrogen and oxygen atoms in total. The first-order chi connectivity index (χ1) is 32.5. The zero-order valence-corrected chi connectivity index (χ0v) is 38.0. The quantitative estimate of drug-likeness (QED) is 0.0693. The first-order valence-electron chi connectivity index (χ1n) is 22.9. The van der Waals surface area contributed by atoms with E-state index >= 15 is 0 Å². The van der Waals surface area contributed by atoms with Crippen LogP contribution in [0.25, 0.3) is 11.0 Å². The molecule has 6 heterocycles. The Hall–Kier alpha value is -6.55. The van der Waals surface area contributed by atoms with E-state index in [1.54, 1.807) is 37.3 Å². The average Bonchev–Trinajstić information content (AvgIpc) is 4.06.